The van der Waals surface area contributed by atoms with E-state index in [9.17, 15) is 9.59 Å². The molecule has 108 valence electrons. The van der Waals surface area contributed by atoms with E-state index >= 15 is 0 Å². The van der Waals surface area contributed by atoms with E-state index in [2.05, 4.69) is 5.32 Å². The molecule has 20 heavy (non-hydrogen) atoms. The van der Waals surface area contributed by atoms with Crippen LogP contribution in [0.3, 0.4) is 0 Å². The Morgan fingerprint density at radius 2 is 1.95 bits per heavy atom. The van der Waals surface area contributed by atoms with E-state index in [1.54, 1.807) is 0 Å². The number of rotatable bonds is 7. The zero-order valence-corrected chi connectivity index (χ0v) is 11.3. The maximum absolute atomic E-state index is 11.8. The second-order valence-electron chi connectivity index (χ2n) is 5.43. The molecule has 0 unspecified atom stereocenters. The summed E-state index contributed by atoms with van der Waals surface area (Å²) >= 11 is 0. The lowest BCUT2D eigenvalue weighted by atomic mass is 10.0. The third kappa shape index (κ3) is 3.57. The van der Waals surface area contributed by atoms with Crippen molar-refractivity contribution in [3.05, 3.63) is 35.9 Å². The van der Waals surface area contributed by atoms with E-state index < -0.39 is 17.4 Å². The minimum atomic E-state index is -0.837. The van der Waals surface area contributed by atoms with E-state index in [4.69, 9.17) is 10.8 Å². The fourth-order valence-electron chi connectivity index (χ4n) is 2.10. The molecule has 5 heteroatoms. The summed E-state index contributed by atoms with van der Waals surface area (Å²) in [4.78, 5) is 22.8. The highest BCUT2D eigenvalue weighted by Gasteiger charge is 2.50. The number of hydrogen-bond donors (Lipinski definition) is 3. The summed E-state index contributed by atoms with van der Waals surface area (Å²) < 4.78 is 0. The van der Waals surface area contributed by atoms with Gasteiger partial charge in [0.2, 0.25) is 5.91 Å². The number of hydrogen-bond acceptors (Lipinski definition) is 3. The van der Waals surface area contributed by atoms with Crippen LogP contribution in [-0.2, 0) is 16.0 Å². The smallest absolute Gasteiger partial charge is 0.311 e. The van der Waals surface area contributed by atoms with Crippen molar-refractivity contribution < 1.29 is 14.7 Å². The van der Waals surface area contributed by atoms with Gasteiger partial charge in [-0.05, 0) is 31.2 Å². The Balaban J connectivity index is 1.74. The van der Waals surface area contributed by atoms with Gasteiger partial charge in [-0.3, -0.25) is 9.59 Å². The number of carbonyl (C=O) groups excluding carboxylic acids is 1. The molecule has 1 aliphatic carbocycles. The van der Waals surface area contributed by atoms with Gasteiger partial charge in [0.25, 0.3) is 0 Å². The molecule has 5 nitrogen and oxygen atoms in total. The summed E-state index contributed by atoms with van der Waals surface area (Å²) in [5, 5.41) is 11.7. The van der Waals surface area contributed by atoms with E-state index in [0.29, 0.717) is 19.3 Å². The fourth-order valence-corrected chi connectivity index (χ4v) is 2.10. The van der Waals surface area contributed by atoms with Crippen LogP contribution >= 0.6 is 0 Å². The van der Waals surface area contributed by atoms with Gasteiger partial charge in [0, 0.05) is 6.54 Å². The highest BCUT2D eigenvalue weighted by atomic mass is 16.4. The number of carbonyl (C=O) groups is 2. The lowest BCUT2D eigenvalue weighted by Gasteiger charge is -2.15. The van der Waals surface area contributed by atoms with Crippen molar-refractivity contribution in [2.75, 3.05) is 6.54 Å². The first-order valence-corrected chi connectivity index (χ1v) is 6.84. The quantitative estimate of drug-likeness (QED) is 0.690. The molecule has 0 saturated heterocycles. The molecule has 1 aliphatic rings. The van der Waals surface area contributed by atoms with Crippen LogP contribution in [0, 0.1) is 5.41 Å². The Labute approximate surface area is 118 Å². The molecule has 1 fully saturated rings. The van der Waals surface area contributed by atoms with E-state index in [1.807, 2.05) is 30.3 Å². The van der Waals surface area contributed by atoms with Crippen molar-refractivity contribution in [3.8, 4) is 0 Å². The van der Waals surface area contributed by atoms with Crippen molar-refractivity contribution in [3.63, 3.8) is 0 Å². The molecular formula is C15H20N2O3. The summed E-state index contributed by atoms with van der Waals surface area (Å²) in [6, 6.07) is 9.23. The Morgan fingerprint density at radius 1 is 1.30 bits per heavy atom. The number of carboxylic acid groups (broad SMARTS) is 1. The van der Waals surface area contributed by atoms with E-state index in [-0.39, 0.29) is 12.5 Å². The predicted molar refractivity (Wildman–Crippen MR) is 75.1 cm³/mol. The van der Waals surface area contributed by atoms with Crippen LogP contribution in [0.25, 0.3) is 0 Å². The third-order valence-electron chi connectivity index (χ3n) is 3.83. The van der Waals surface area contributed by atoms with Crippen LogP contribution < -0.4 is 11.1 Å². The molecule has 1 saturated carbocycles. The molecule has 1 atom stereocenters. The fraction of sp³-hybridized carbons (Fsp3) is 0.467. The van der Waals surface area contributed by atoms with Crippen LogP contribution in [0.1, 0.15) is 24.8 Å². The molecule has 1 amide bonds. The molecule has 2 rings (SSSR count). The monoisotopic (exact) mass is 276 g/mol. The molecular weight excluding hydrogens is 256 g/mol. The average Bonchev–Trinajstić information content (AvgIpc) is 3.24. The number of nitrogens with one attached hydrogen (secondary N) is 1. The van der Waals surface area contributed by atoms with Crippen molar-refractivity contribution in [1.29, 1.82) is 0 Å². The van der Waals surface area contributed by atoms with Gasteiger partial charge in [0.05, 0.1) is 11.5 Å². The standard InChI is InChI=1S/C15H20N2O3/c16-12(7-6-11-4-2-1-3-5-11)13(18)17-10-15(8-9-15)14(19)20/h1-5,12H,6-10,16H2,(H,17,18)(H,19,20)/t12-/m0/s1. The first-order chi connectivity index (χ1) is 9.53. The Hall–Kier alpha value is -1.88. The minimum absolute atomic E-state index is 0.181. The van der Waals surface area contributed by atoms with Gasteiger partial charge in [0.1, 0.15) is 0 Å². The Kier molecular flexibility index (Phi) is 4.39. The first-order valence-electron chi connectivity index (χ1n) is 6.84. The van der Waals surface area contributed by atoms with Gasteiger partial charge in [-0.25, -0.2) is 0 Å². The number of aryl methyl sites for hydroxylation is 1. The summed E-state index contributed by atoms with van der Waals surface area (Å²) in [5.74, 6) is -1.11. The van der Waals surface area contributed by atoms with Gasteiger partial charge in [-0.2, -0.15) is 0 Å². The zero-order chi connectivity index (χ0) is 14.6. The summed E-state index contributed by atoms with van der Waals surface area (Å²) in [5.41, 5.74) is 6.23. The largest absolute Gasteiger partial charge is 0.481 e. The molecule has 0 bridgehead atoms. The first kappa shape index (κ1) is 14.5. The lowest BCUT2D eigenvalue weighted by Crippen LogP contribution is -2.44. The number of amides is 1. The zero-order valence-electron chi connectivity index (χ0n) is 11.3. The topological polar surface area (TPSA) is 92.4 Å². The van der Waals surface area contributed by atoms with Crippen molar-refractivity contribution >= 4 is 11.9 Å². The molecule has 0 aromatic heterocycles. The molecule has 0 heterocycles. The Bertz CT molecular complexity index is 483. The SMILES string of the molecule is N[C@@H](CCc1ccccc1)C(=O)NCC1(C(=O)O)CC1. The maximum Gasteiger partial charge on any atom is 0.311 e. The average molecular weight is 276 g/mol. The molecule has 4 N–H and O–H groups in total. The van der Waals surface area contributed by atoms with Crippen LogP contribution in [0.4, 0.5) is 0 Å². The second kappa shape index (κ2) is 6.05. The number of benzene rings is 1. The molecule has 1 aromatic rings. The molecule has 1 aromatic carbocycles. The van der Waals surface area contributed by atoms with Gasteiger partial charge in [0.15, 0.2) is 0 Å². The van der Waals surface area contributed by atoms with Crippen LogP contribution in [-0.4, -0.2) is 29.6 Å². The minimum Gasteiger partial charge on any atom is -0.481 e. The van der Waals surface area contributed by atoms with Crippen molar-refractivity contribution in [2.24, 2.45) is 11.1 Å². The van der Waals surface area contributed by atoms with Crippen LogP contribution in [0.2, 0.25) is 0 Å². The summed E-state index contributed by atoms with van der Waals surface area (Å²) in [6.07, 6.45) is 2.54. The number of carboxylic acids is 1. The van der Waals surface area contributed by atoms with E-state index in [1.165, 1.54) is 0 Å². The molecule has 0 aliphatic heterocycles. The highest BCUT2D eigenvalue weighted by Crippen LogP contribution is 2.45. The third-order valence-corrected chi connectivity index (χ3v) is 3.83. The van der Waals surface area contributed by atoms with Crippen molar-refractivity contribution in [2.45, 2.75) is 31.7 Å². The van der Waals surface area contributed by atoms with Gasteiger partial charge >= 0.3 is 5.97 Å². The lowest BCUT2D eigenvalue weighted by molar-refractivity contribution is -0.143. The normalized spacial score (nSPS) is 17.2. The highest BCUT2D eigenvalue weighted by molar-refractivity contribution is 5.83. The van der Waals surface area contributed by atoms with Gasteiger partial charge in [-0.1, -0.05) is 30.3 Å². The number of aliphatic carboxylic acids is 1. The van der Waals surface area contributed by atoms with Crippen LogP contribution in [0.15, 0.2) is 30.3 Å². The predicted octanol–water partition coefficient (Wildman–Crippen LogP) is 0.927. The van der Waals surface area contributed by atoms with Crippen molar-refractivity contribution in [1.82, 2.24) is 5.32 Å². The van der Waals surface area contributed by atoms with Gasteiger partial charge in [-0.15, -0.1) is 0 Å². The molecule has 0 radical (unpaired) electrons. The van der Waals surface area contributed by atoms with Crippen LogP contribution in [0.5, 0.6) is 0 Å². The second-order valence-corrected chi connectivity index (χ2v) is 5.43. The Morgan fingerprint density at radius 3 is 2.50 bits per heavy atom. The molecule has 0 spiro atoms. The van der Waals surface area contributed by atoms with E-state index in [0.717, 1.165) is 12.0 Å². The summed E-state index contributed by atoms with van der Waals surface area (Å²) in [6.45, 7) is 0.181. The summed E-state index contributed by atoms with van der Waals surface area (Å²) in [7, 11) is 0. The number of nitrogens with two attached hydrogens (primary N) is 1. The maximum atomic E-state index is 11.8. The van der Waals surface area contributed by atoms with Gasteiger partial charge < -0.3 is 16.2 Å².